The van der Waals surface area contributed by atoms with E-state index in [0.29, 0.717) is 19.0 Å². The van der Waals surface area contributed by atoms with Crippen LogP contribution in [0.5, 0.6) is 0 Å². The van der Waals surface area contributed by atoms with Crippen LogP contribution in [0.3, 0.4) is 0 Å². The van der Waals surface area contributed by atoms with Crippen LogP contribution in [0.15, 0.2) is 12.2 Å². The monoisotopic (exact) mass is 258 g/mol. The van der Waals surface area contributed by atoms with E-state index in [1.165, 1.54) is 12.8 Å². The third-order valence-corrected chi connectivity index (χ3v) is 5.20. The highest BCUT2D eigenvalue weighted by molar-refractivity contribution is 7.89. The van der Waals surface area contributed by atoms with Crippen LogP contribution in [0.2, 0.25) is 0 Å². The van der Waals surface area contributed by atoms with Crippen LogP contribution in [0.4, 0.5) is 0 Å². The van der Waals surface area contributed by atoms with Crippen LogP contribution >= 0.6 is 0 Å². The average Bonchev–Trinajstić information content (AvgIpc) is 2.86. The minimum absolute atomic E-state index is 0.178. The zero-order valence-electron chi connectivity index (χ0n) is 10.4. The molecule has 3 atom stereocenters. The summed E-state index contributed by atoms with van der Waals surface area (Å²) in [7, 11) is -3.06. The molecule has 0 saturated heterocycles. The molecule has 1 fully saturated rings. The van der Waals surface area contributed by atoms with E-state index in [9.17, 15) is 8.42 Å². The maximum atomic E-state index is 11.4. The molecule has 1 saturated carbocycles. The predicted molar refractivity (Wildman–Crippen MR) is 69.2 cm³/mol. The fraction of sp³-hybridized carbons (Fsp3) is 0.833. The summed E-state index contributed by atoms with van der Waals surface area (Å²) in [6.45, 7) is 3.77. The van der Waals surface area contributed by atoms with Crippen molar-refractivity contribution in [3.63, 3.8) is 0 Å². The van der Waals surface area contributed by atoms with Gasteiger partial charge in [0.05, 0.1) is 5.75 Å². The van der Waals surface area contributed by atoms with Crippen molar-refractivity contribution < 1.29 is 8.42 Å². The summed E-state index contributed by atoms with van der Waals surface area (Å²) in [4.78, 5) is 0. The van der Waals surface area contributed by atoms with Crippen LogP contribution in [-0.4, -0.2) is 33.8 Å². The first-order chi connectivity index (χ1) is 8.11. The maximum Gasteiger partial charge on any atom is 0.212 e. The molecule has 2 aliphatic carbocycles. The molecule has 0 amide bonds. The fourth-order valence-electron chi connectivity index (χ4n) is 2.92. The summed E-state index contributed by atoms with van der Waals surface area (Å²) < 4.78 is 25.3. The third-order valence-electron chi connectivity index (χ3n) is 3.73. The molecule has 98 valence electrons. The van der Waals surface area contributed by atoms with Crippen LogP contribution in [0.25, 0.3) is 0 Å². The van der Waals surface area contributed by atoms with Crippen molar-refractivity contribution in [2.24, 2.45) is 17.8 Å². The number of hydrogen-bond acceptors (Lipinski definition) is 3. The van der Waals surface area contributed by atoms with Crippen molar-refractivity contribution in [3.8, 4) is 0 Å². The summed E-state index contributed by atoms with van der Waals surface area (Å²) >= 11 is 0. The maximum absolute atomic E-state index is 11.4. The highest BCUT2D eigenvalue weighted by Gasteiger charge is 2.34. The van der Waals surface area contributed by atoms with Gasteiger partial charge in [-0.2, -0.15) is 0 Å². The first-order valence-corrected chi connectivity index (χ1v) is 8.12. The van der Waals surface area contributed by atoms with Gasteiger partial charge in [-0.15, -0.1) is 0 Å². The predicted octanol–water partition coefficient (Wildman–Crippen LogP) is 0.727. The molecule has 0 aromatic heterocycles. The van der Waals surface area contributed by atoms with Gasteiger partial charge in [0.1, 0.15) is 0 Å². The minimum atomic E-state index is -3.06. The van der Waals surface area contributed by atoms with E-state index in [-0.39, 0.29) is 5.75 Å². The molecule has 0 aliphatic heterocycles. The second kappa shape index (κ2) is 5.50. The molecular formula is C12H22N2O2S. The molecule has 0 radical (unpaired) electrons. The Balaban J connectivity index is 1.62. The van der Waals surface area contributed by atoms with Gasteiger partial charge in [0.25, 0.3) is 0 Å². The smallest absolute Gasteiger partial charge is 0.212 e. The van der Waals surface area contributed by atoms with Gasteiger partial charge >= 0.3 is 0 Å². The number of rotatable bonds is 7. The second-order valence-electron chi connectivity index (χ2n) is 5.06. The Morgan fingerprint density at radius 3 is 2.71 bits per heavy atom. The lowest BCUT2D eigenvalue weighted by Gasteiger charge is -2.18. The molecule has 0 spiro atoms. The van der Waals surface area contributed by atoms with Crippen molar-refractivity contribution >= 4 is 10.0 Å². The molecule has 2 aliphatic rings. The summed E-state index contributed by atoms with van der Waals surface area (Å²) in [6, 6.07) is 0. The molecule has 4 nitrogen and oxygen atoms in total. The van der Waals surface area contributed by atoms with Gasteiger partial charge < -0.3 is 5.32 Å². The molecule has 0 unspecified atom stereocenters. The van der Waals surface area contributed by atoms with Gasteiger partial charge in [-0.25, -0.2) is 13.1 Å². The van der Waals surface area contributed by atoms with Crippen molar-refractivity contribution in [2.75, 3.05) is 25.4 Å². The van der Waals surface area contributed by atoms with Crippen LogP contribution < -0.4 is 10.0 Å². The highest BCUT2D eigenvalue weighted by Crippen LogP contribution is 2.42. The first-order valence-electron chi connectivity index (χ1n) is 6.47. The van der Waals surface area contributed by atoms with E-state index in [1.807, 2.05) is 0 Å². The minimum Gasteiger partial charge on any atom is -0.315 e. The molecule has 0 aromatic rings. The van der Waals surface area contributed by atoms with E-state index in [0.717, 1.165) is 18.4 Å². The third kappa shape index (κ3) is 3.53. The summed E-state index contributed by atoms with van der Waals surface area (Å²) in [5, 5.41) is 3.27. The van der Waals surface area contributed by atoms with Crippen LogP contribution in [-0.2, 0) is 10.0 Å². The number of fused-ring (bicyclic) bond motifs is 2. The highest BCUT2D eigenvalue weighted by atomic mass is 32.2. The van der Waals surface area contributed by atoms with E-state index in [4.69, 9.17) is 0 Å². The molecule has 2 bridgehead atoms. The standard InChI is InChI=1S/C12H22N2O2S/c1-2-14-17(15,16)6-5-13-9-12-8-10-3-4-11(12)7-10/h3-4,10-14H,2,5-9H2,1H3/t10-,11-,12-/m0/s1. The van der Waals surface area contributed by atoms with Gasteiger partial charge in [-0.05, 0) is 37.1 Å². The lowest BCUT2D eigenvalue weighted by molar-refractivity contribution is 0.419. The van der Waals surface area contributed by atoms with E-state index < -0.39 is 10.0 Å². The zero-order valence-corrected chi connectivity index (χ0v) is 11.2. The summed E-state index contributed by atoms with van der Waals surface area (Å²) in [5.74, 6) is 2.42. The van der Waals surface area contributed by atoms with Gasteiger partial charge in [-0.3, -0.25) is 0 Å². The first kappa shape index (κ1) is 13.1. The molecular weight excluding hydrogens is 236 g/mol. The Kier molecular flexibility index (Phi) is 4.22. The second-order valence-corrected chi connectivity index (χ2v) is 6.99. The lowest BCUT2D eigenvalue weighted by atomic mass is 9.94. The molecule has 5 heteroatoms. The van der Waals surface area contributed by atoms with Gasteiger partial charge in [0, 0.05) is 13.1 Å². The van der Waals surface area contributed by atoms with Crippen molar-refractivity contribution in [3.05, 3.63) is 12.2 Å². The summed E-state index contributed by atoms with van der Waals surface area (Å²) in [6.07, 6.45) is 7.24. The Hall–Kier alpha value is -0.390. The van der Waals surface area contributed by atoms with E-state index >= 15 is 0 Å². The van der Waals surface area contributed by atoms with Crippen molar-refractivity contribution in [2.45, 2.75) is 19.8 Å². The van der Waals surface area contributed by atoms with Crippen molar-refractivity contribution in [1.82, 2.24) is 10.0 Å². The normalized spacial score (nSPS) is 31.2. The van der Waals surface area contributed by atoms with E-state index in [2.05, 4.69) is 22.2 Å². The molecule has 0 aromatic carbocycles. The number of nitrogens with one attached hydrogen (secondary N) is 2. The number of hydrogen-bond donors (Lipinski definition) is 2. The number of sulfonamides is 1. The van der Waals surface area contributed by atoms with Crippen LogP contribution in [0.1, 0.15) is 19.8 Å². The topological polar surface area (TPSA) is 58.2 Å². The molecule has 2 N–H and O–H groups in total. The Labute approximate surface area is 104 Å². The molecule has 2 rings (SSSR count). The van der Waals surface area contributed by atoms with E-state index in [1.54, 1.807) is 6.92 Å². The van der Waals surface area contributed by atoms with Gasteiger partial charge in [0.15, 0.2) is 0 Å². The summed E-state index contributed by atoms with van der Waals surface area (Å²) in [5.41, 5.74) is 0. The Bertz CT molecular complexity index is 378. The Morgan fingerprint density at radius 1 is 1.29 bits per heavy atom. The SMILES string of the molecule is CCNS(=O)(=O)CCNC[C@@H]1C[C@H]2C=C[C@H]1C2. The quantitative estimate of drug-likeness (QED) is 0.523. The molecule has 17 heavy (non-hydrogen) atoms. The van der Waals surface area contributed by atoms with Gasteiger partial charge in [0.2, 0.25) is 10.0 Å². The fourth-order valence-corrected chi connectivity index (χ4v) is 3.91. The van der Waals surface area contributed by atoms with Crippen molar-refractivity contribution in [1.29, 1.82) is 0 Å². The Morgan fingerprint density at radius 2 is 2.12 bits per heavy atom. The van der Waals surface area contributed by atoms with Gasteiger partial charge in [-0.1, -0.05) is 19.1 Å². The zero-order chi connectivity index (χ0) is 12.3. The largest absolute Gasteiger partial charge is 0.315 e. The lowest BCUT2D eigenvalue weighted by Crippen LogP contribution is -2.34. The van der Waals surface area contributed by atoms with Crippen LogP contribution in [0, 0.1) is 17.8 Å². The molecule has 0 heterocycles. The average molecular weight is 258 g/mol. The number of allylic oxidation sites excluding steroid dienone is 2.